The number of aromatic nitrogens is 2. The highest BCUT2D eigenvalue weighted by Gasteiger charge is 2.09. The number of methoxy groups -OCH3 is 2. The standard InChI is InChI=1S/C13H16N4O2/c1-18-10-3-8(4-11(5-10)19-2)13-16-7-9(6-14)12(15)17-13/h3-5,7H,6,14H2,1-2H3,(H2,15,16,17). The van der Waals surface area contributed by atoms with Crippen molar-refractivity contribution >= 4 is 5.82 Å². The van der Waals surface area contributed by atoms with Crippen LogP contribution in [0.5, 0.6) is 11.5 Å². The van der Waals surface area contributed by atoms with Gasteiger partial charge in [-0.2, -0.15) is 0 Å². The van der Waals surface area contributed by atoms with E-state index in [1.807, 2.05) is 12.1 Å². The number of rotatable bonds is 4. The highest BCUT2D eigenvalue weighted by Crippen LogP contribution is 2.28. The third-order valence-corrected chi connectivity index (χ3v) is 2.73. The van der Waals surface area contributed by atoms with Gasteiger partial charge in [-0.25, -0.2) is 9.97 Å². The first-order chi connectivity index (χ1) is 9.17. The molecule has 0 spiro atoms. The van der Waals surface area contributed by atoms with Gasteiger partial charge in [0, 0.05) is 29.9 Å². The van der Waals surface area contributed by atoms with Crippen LogP contribution in [0.3, 0.4) is 0 Å². The second-order valence-electron chi connectivity index (χ2n) is 3.91. The number of anilines is 1. The van der Waals surface area contributed by atoms with E-state index in [4.69, 9.17) is 20.9 Å². The van der Waals surface area contributed by atoms with Crippen LogP contribution in [0.4, 0.5) is 5.82 Å². The molecule has 0 aliphatic rings. The topological polar surface area (TPSA) is 96.3 Å². The van der Waals surface area contributed by atoms with E-state index in [9.17, 15) is 0 Å². The monoisotopic (exact) mass is 260 g/mol. The number of nitrogen functional groups attached to an aromatic ring is 1. The number of nitrogens with two attached hydrogens (primary N) is 2. The van der Waals surface area contributed by atoms with Gasteiger partial charge in [-0.05, 0) is 12.1 Å². The summed E-state index contributed by atoms with van der Waals surface area (Å²) >= 11 is 0. The molecule has 2 aromatic rings. The van der Waals surface area contributed by atoms with Crippen LogP contribution in [-0.2, 0) is 6.54 Å². The molecular weight excluding hydrogens is 244 g/mol. The Labute approximate surface area is 111 Å². The predicted molar refractivity (Wildman–Crippen MR) is 72.9 cm³/mol. The molecule has 0 saturated heterocycles. The van der Waals surface area contributed by atoms with E-state index in [0.29, 0.717) is 29.7 Å². The maximum Gasteiger partial charge on any atom is 0.161 e. The number of benzene rings is 1. The zero-order valence-corrected chi connectivity index (χ0v) is 10.9. The molecule has 1 heterocycles. The maximum atomic E-state index is 5.82. The molecule has 0 atom stereocenters. The molecule has 0 saturated carbocycles. The molecule has 0 aliphatic carbocycles. The molecule has 4 N–H and O–H groups in total. The first kappa shape index (κ1) is 13.1. The predicted octanol–water partition coefficient (Wildman–Crippen LogP) is 1.20. The van der Waals surface area contributed by atoms with E-state index in [-0.39, 0.29) is 0 Å². The molecule has 0 fully saturated rings. The largest absolute Gasteiger partial charge is 0.497 e. The van der Waals surface area contributed by atoms with Crippen LogP contribution in [0.15, 0.2) is 24.4 Å². The quantitative estimate of drug-likeness (QED) is 0.857. The van der Waals surface area contributed by atoms with E-state index in [2.05, 4.69) is 9.97 Å². The van der Waals surface area contributed by atoms with Crippen LogP contribution in [0, 0.1) is 0 Å². The average Bonchev–Trinajstić information content (AvgIpc) is 2.46. The minimum Gasteiger partial charge on any atom is -0.497 e. The van der Waals surface area contributed by atoms with Crippen LogP contribution >= 0.6 is 0 Å². The summed E-state index contributed by atoms with van der Waals surface area (Å²) in [6.45, 7) is 0.313. The number of ether oxygens (including phenoxy) is 2. The molecule has 19 heavy (non-hydrogen) atoms. The summed E-state index contributed by atoms with van der Waals surface area (Å²) in [5.41, 5.74) is 12.8. The lowest BCUT2D eigenvalue weighted by Crippen LogP contribution is -2.05. The summed E-state index contributed by atoms with van der Waals surface area (Å²) < 4.78 is 10.4. The van der Waals surface area contributed by atoms with Gasteiger partial charge in [0.2, 0.25) is 0 Å². The normalized spacial score (nSPS) is 10.3. The van der Waals surface area contributed by atoms with Crippen molar-refractivity contribution in [2.45, 2.75) is 6.54 Å². The lowest BCUT2D eigenvalue weighted by atomic mass is 10.2. The Bertz CT molecular complexity index is 565. The molecule has 6 heteroatoms. The van der Waals surface area contributed by atoms with Gasteiger partial charge in [0.05, 0.1) is 14.2 Å². The first-order valence-corrected chi connectivity index (χ1v) is 5.72. The van der Waals surface area contributed by atoms with Crippen LogP contribution in [0.2, 0.25) is 0 Å². The lowest BCUT2D eigenvalue weighted by Gasteiger charge is -2.09. The average molecular weight is 260 g/mol. The molecule has 0 bridgehead atoms. The first-order valence-electron chi connectivity index (χ1n) is 5.72. The smallest absolute Gasteiger partial charge is 0.161 e. The van der Waals surface area contributed by atoms with Gasteiger partial charge in [0.15, 0.2) is 5.82 Å². The van der Waals surface area contributed by atoms with Crippen molar-refractivity contribution in [3.63, 3.8) is 0 Å². The number of hydrogen-bond donors (Lipinski definition) is 2. The highest BCUT2D eigenvalue weighted by molar-refractivity contribution is 5.62. The Kier molecular flexibility index (Phi) is 3.82. The Morgan fingerprint density at radius 3 is 2.21 bits per heavy atom. The van der Waals surface area contributed by atoms with Crippen LogP contribution < -0.4 is 20.9 Å². The van der Waals surface area contributed by atoms with Crippen molar-refractivity contribution in [3.05, 3.63) is 30.0 Å². The van der Waals surface area contributed by atoms with Gasteiger partial charge in [0.25, 0.3) is 0 Å². The highest BCUT2D eigenvalue weighted by atomic mass is 16.5. The fourth-order valence-corrected chi connectivity index (χ4v) is 1.65. The molecule has 0 aliphatic heterocycles. The molecule has 1 aromatic carbocycles. The van der Waals surface area contributed by atoms with Gasteiger partial charge >= 0.3 is 0 Å². The zero-order valence-electron chi connectivity index (χ0n) is 10.9. The summed E-state index contributed by atoms with van der Waals surface area (Å²) in [6, 6.07) is 5.42. The number of nitrogens with zero attached hydrogens (tertiary/aromatic N) is 2. The fraction of sp³-hybridized carbons (Fsp3) is 0.231. The Balaban J connectivity index is 2.48. The molecule has 100 valence electrons. The van der Waals surface area contributed by atoms with Crippen LogP contribution in [0.1, 0.15) is 5.56 Å². The van der Waals surface area contributed by atoms with Gasteiger partial charge in [-0.3, -0.25) is 0 Å². The zero-order chi connectivity index (χ0) is 13.8. The Morgan fingerprint density at radius 1 is 1.11 bits per heavy atom. The molecule has 6 nitrogen and oxygen atoms in total. The Hall–Kier alpha value is -2.34. The SMILES string of the molecule is COc1cc(OC)cc(-c2ncc(CN)c(N)n2)c1. The minimum atomic E-state index is 0.313. The summed E-state index contributed by atoms with van der Waals surface area (Å²) in [4.78, 5) is 8.49. The van der Waals surface area contributed by atoms with E-state index in [1.165, 1.54) is 0 Å². The molecule has 0 amide bonds. The fourth-order valence-electron chi connectivity index (χ4n) is 1.65. The van der Waals surface area contributed by atoms with Crippen molar-refractivity contribution in [2.75, 3.05) is 20.0 Å². The molecule has 1 aromatic heterocycles. The summed E-state index contributed by atoms with van der Waals surface area (Å²) in [7, 11) is 3.18. The molecule has 0 radical (unpaired) electrons. The van der Waals surface area contributed by atoms with Gasteiger partial charge in [-0.15, -0.1) is 0 Å². The van der Waals surface area contributed by atoms with Gasteiger partial charge in [0.1, 0.15) is 17.3 Å². The van der Waals surface area contributed by atoms with E-state index >= 15 is 0 Å². The second-order valence-corrected chi connectivity index (χ2v) is 3.91. The molecular formula is C13H16N4O2. The van der Waals surface area contributed by atoms with Gasteiger partial charge in [-0.1, -0.05) is 0 Å². The summed E-state index contributed by atoms with van der Waals surface area (Å²) in [5, 5.41) is 0. The lowest BCUT2D eigenvalue weighted by molar-refractivity contribution is 0.394. The Morgan fingerprint density at radius 2 is 1.74 bits per heavy atom. The van der Waals surface area contributed by atoms with Crippen LogP contribution in [0.25, 0.3) is 11.4 Å². The maximum absolute atomic E-state index is 5.82. The van der Waals surface area contributed by atoms with Gasteiger partial charge < -0.3 is 20.9 Å². The number of hydrogen-bond acceptors (Lipinski definition) is 6. The molecule has 0 unspecified atom stereocenters. The summed E-state index contributed by atoms with van der Waals surface area (Å²) in [5.74, 6) is 2.22. The molecule has 2 rings (SSSR count). The summed E-state index contributed by atoms with van der Waals surface area (Å²) in [6.07, 6.45) is 1.63. The van der Waals surface area contributed by atoms with E-state index in [1.54, 1.807) is 26.5 Å². The third-order valence-electron chi connectivity index (χ3n) is 2.73. The minimum absolute atomic E-state index is 0.313. The van der Waals surface area contributed by atoms with Crippen molar-refractivity contribution < 1.29 is 9.47 Å². The van der Waals surface area contributed by atoms with E-state index < -0.39 is 0 Å². The van der Waals surface area contributed by atoms with E-state index in [0.717, 1.165) is 11.1 Å². The van der Waals surface area contributed by atoms with Crippen molar-refractivity contribution in [3.8, 4) is 22.9 Å². The van der Waals surface area contributed by atoms with Crippen molar-refractivity contribution in [2.24, 2.45) is 5.73 Å². The van der Waals surface area contributed by atoms with Crippen molar-refractivity contribution in [1.82, 2.24) is 9.97 Å². The van der Waals surface area contributed by atoms with Crippen LogP contribution in [-0.4, -0.2) is 24.2 Å². The van der Waals surface area contributed by atoms with Crippen molar-refractivity contribution in [1.29, 1.82) is 0 Å². The second kappa shape index (κ2) is 5.53. The third kappa shape index (κ3) is 2.74.